The maximum absolute atomic E-state index is 10.4. The van der Waals surface area contributed by atoms with Crippen molar-refractivity contribution in [3.8, 4) is 0 Å². The molecule has 0 aromatic carbocycles. The van der Waals surface area contributed by atoms with Gasteiger partial charge in [0.1, 0.15) is 0 Å². The molecule has 1 N–H and O–H groups in total. The molecule has 1 heterocycles. The van der Waals surface area contributed by atoms with E-state index in [0.717, 1.165) is 0 Å². The number of hydrogen-bond donors (Lipinski definition) is 1. The number of hydrogen-bond acceptors (Lipinski definition) is 3. The van der Waals surface area contributed by atoms with Crippen LogP contribution in [0.4, 0.5) is 0 Å². The average molecular weight is 157 g/mol. The summed E-state index contributed by atoms with van der Waals surface area (Å²) in [6, 6.07) is 1.73. The summed E-state index contributed by atoms with van der Waals surface area (Å²) < 4.78 is 3.90. The zero-order chi connectivity index (χ0) is 7.56. The minimum absolute atomic E-state index is 0.480. The van der Waals surface area contributed by atoms with Crippen molar-refractivity contribution in [3.63, 3.8) is 0 Å². The van der Waals surface area contributed by atoms with Gasteiger partial charge in [0, 0.05) is 5.38 Å². The SMILES string of the molecule is CC(C(=O)O)c1ccsn1. The molecule has 1 unspecified atom stereocenters. The van der Waals surface area contributed by atoms with Gasteiger partial charge >= 0.3 is 5.97 Å². The molecule has 0 saturated heterocycles. The van der Waals surface area contributed by atoms with Gasteiger partial charge in [0.25, 0.3) is 0 Å². The number of aromatic nitrogens is 1. The first-order valence-corrected chi connectivity index (χ1v) is 3.68. The van der Waals surface area contributed by atoms with Gasteiger partial charge in [-0.15, -0.1) is 0 Å². The lowest BCUT2D eigenvalue weighted by atomic mass is 10.1. The van der Waals surface area contributed by atoms with Gasteiger partial charge < -0.3 is 5.11 Å². The van der Waals surface area contributed by atoms with Crippen molar-refractivity contribution in [2.24, 2.45) is 0 Å². The van der Waals surface area contributed by atoms with Gasteiger partial charge in [-0.3, -0.25) is 4.79 Å². The number of aliphatic carboxylic acids is 1. The summed E-state index contributed by atoms with van der Waals surface area (Å²) in [5, 5.41) is 10.3. The summed E-state index contributed by atoms with van der Waals surface area (Å²) in [4.78, 5) is 10.4. The molecule has 0 radical (unpaired) electrons. The molecule has 0 aliphatic heterocycles. The van der Waals surface area contributed by atoms with E-state index in [1.807, 2.05) is 0 Å². The van der Waals surface area contributed by atoms with E-state index in [0.29, 0.717) is 5.69 Å². The van der Waals surface area contributed by atoms with Crippen LogP contribution in [0.5, 0.6) is 0 Å². The molecule has 0 fully saturated rings. The maximum atomic E-state index is 10.4. The van der Waals surface area contributed by atoms with Crippen LogP contribution in [0, 0.1) is 0 Å². The predicted octanol–water partition coefficient (Wildman–Crippen LogP) is 1.33. The normalized spacial score (nSPS) is 12.9. The Kier molecular flexibility index (Phi) is 2.01. The Bertz CT molecular complexity index is 220. The molecule has 10 heavy (non-hydrogen) atoms. The Morgan fingerprint density at radius 2 is 2.60 bits per heavy atom. The number of nitrogens with zero attached hydrogens (tertiary/aromatic N) is 1. The minimum Gasteiger partial charge on any atom is -0.481 e. The van der Waals surface area contributed by atoms with Crippen molar-refractivity contribution in [1.29, 1.82) is 0 Å². The van der Waals surface area contributed by atoms with Crippen LogP contribution in [0.15, 0.2) is 11.4 Å². The fourth-order valence-electron chi connectivity index (χ4n) is 0.572. The van der Waals surface area contributed by atoms with E-state index < -0.39 is 11.9 Å². The summed E-state index contributed by atoms with van der Waals surface area (Å²) in [6.45, 7) is 1.62. The molecule has 1 aromatic heterocycles. The van der Waals surface area contributed by atoms with Gasteiger partial charge in [-0.05, 0) is 24.5 Å². The van der Waals surface area contributed by atoms with Crippen LogP contribution >= 0.6 is 11.5 Å². The molecule has 4 heteroatoms. The second kappa shape index (κ2) is 2.79. The highest BCUT2D eigenvalue weighted by molar-refractivity contribution is 7.03. The lowest BCUT2D eigenvalue weighted by Gasteiger charge is -1.98. The number of carbonyl (C=O) groups is 1. The molecular weight excluding hydrogens is 150 g/mol. The predicted molar refractivity (Wildman–Crippen MR) is 38.2 cm³/mol. The van der Waals surface area contributed by atoms with Gasteiger partial charge in [-0.1, -0.05) is 0 Å². The topological polar surface area (TPSA) is 50.2 Å². The highest BCUT2D eigenvalue weighted by Crippen LogP contribution is 2.13. The van der Waals surface area contributed by atoms with Gasteiger partial charge in [0.15, 0.2) is 0 Å². The first kappa shape index (κ1) is 7.21. The van der Waals surface area contributed by atoms with Crippen LogP contribution in [0.3, 0.4) is 0 Å². The Balaban J connectivity index is 2.77. The van der Waals surface area contributed by atoms with Crippen LogP contribution in [-0.4, -0.2) is 15.4 Å². The van der Waals surface area contributed by atoms with E-state index in [9.17, 15) is 4.79 Å². The summed E-state index contributed by atoms with van der Waals surface area (Å²) in [7, 11) is 0. The maximum Gasteiger partial charge on any atom is 0.312 e. The second-order valence-electron chi connectivity index (χ2n) is 1.98. The minimum atomic E-state index is -0.828. The van der Waals surface area contributed by atoms with Crippen molar-refractivity contribution in [1.82, 2.24) is 4.37 Å². The Hall–Kier alpha value is -0.900. The van der Waals surface area contributed by atoms with Gasteiger partial charge in [-0.25, -0.2) is 0 Å². The van der Waals surface area contributed by atoms with Crippen LogP contribution in [0.1, 0.15) is 18.5 Å². The fraction of sp³-hybridized carbons (Fsp3) is 0.333. The highest BCUT2D eigenvalue weighted by atomic mass is 32.1. The third-order valence-corrected chi connectivity index (χ3v) is 1.85. The molecule has 1 aromatic rings. The first-order valence-electron chi connectivity index (χ1n) is 2.85. The van der Waals surface area contributed by atoms with E-state index in [-0.39, 0.29) is 0 Å². The molecule has 0 aliphatic carbocycles. The molecule has 1 atom stereocenters. The van der Waals surface area contributed by atoms with Crippen molar-refractivity contribution in [3.05, 3.63) is 17.1 Å². The van der Waals surface area contributed by atoms with Crippen molar-refractivity contribution in [2.75, 3.05) is 0 Å². The third-order valence-electron chi connectivity index (χ3n) is 1.27. The Morgan fingerprint density at radius 1 is 1.90 bits per heavy atom. The average Bonchev–Trinajstić information content (AvgIpc) is 2.36. The standard InChI is InChI=1S/C6H7NO2S/c1-4(6(8)9)5-2-3-10-7-5/h2-4H,1H3,(H,8,9). The van der Waals surface area contributed by atoms with Gasteiger partial charge in [0.2, 0.25) is 0 Å². The van der Waals surface area contributed by atoms with Crippen molar-refractivity contribution < 1.29 is 9.90 Å². The quantitative estimate of drug-likeness (QED) is 0.704. The van der Waals surface area contributed by atoms with E-state index in [1.54, 1.807) is 18.4 Å². The van der Waals surface area contributed by atoms with Crippen molar-refractivity contribution in [2.45, 2.75) is 12.8 Å². The zero-order valence-corrected chi connectivity index (χ0v) is 6.26. The lowest BCUT2D eigenvalue weighted by molar-refractivity contribution is -0.138. The molecule has 3 nitrogen and oxygen atoms in total. The molecule has 0 saturated carbocycles. The third kappa shape index (κ3) is 1.33. The summed E-state index contributed by atoms with van der Waals surface area (Å²) >= 11 is 1.27. The summed E-state index contributed by atoms with van der Waals surface area (Å²) in [6.07, 6.45) is 0. The van der Waals surface area contributed by atoms with E-state index in [2.05, 4.69) is 4.37 Å². The molecule has 0 amide bonds. The van der Waals surface area contributed by atoms with Gasteiger partial charge in [0.05, 0.1) is 11.6 Å². The van der Waals surface area contributed by atoms with Crippen LogP contribution in [-0.2, 0) is 4.79 Å². The zero-order valence-electron chi connectivity index (χ0n) is 5.44. The second-order valence-corrected chi connectivity index (χ2v) is 2.65. The number of carboxylic acid groups (broad SMARTS) is 1. The van der Waals surface area contributed by atoms with E-state index >= 15 is 0 Å². The molecule has 0 spiro atoms. The van der Waals surface area contributed by atoms with E-state index in [1.165, 1.54) is 11.5 Å². The molecule has 0 aliphatic rings. The largest absolute Gasteiger partial charge is 0.481 e. The smallest absolute Gasteiger partial charge is 0.312 e. The number of carboxylic acids is 1. The number of rotatable bonds is 2. The summed E-state index contributed by atoms with van der Waals surface area (Å²) in [5.74, 6) is -1.31. The van der Waals surface area contributed by atoms with Crippen LogP contribution in [0.2, 0.25) is 0 Å². The van der Waals surface area contributed by atoms with Crippen molar-refractivity contribution >= 4 is 17.5 Å². The van der Waals surface area contributed by atoms with Gasteiger partial charge in [-0.2, -0.15) is 4.37 Å². The monoisotopic (exact) mass is 157 g/mol. The molecular formula is C6H7NO2S. The fourth-order valence-corrected chi connectivity index (χ4v) is 1.17. The Morgan fingerprint density at radius 3 is 3.00 bits per heavy atom. The molecule has 1 rings (SSSR count). The lowest BCUT2D eigenvalue weighted by Crippen LogP contribution is -2.06. The van der Waals surface area contributed by atoms with Crippen LogP contribution in [0.25, 0.3) is 0 Å². The molecule has 0 bridgehead atoms. The highest BCUT2D eigenvalue weighted by Gasteiger charge is 2.14. The Labute approximate surface area is 62.5 Å². The van der Waals surface area contributed by atoms with Crippen LogP contribution < -0.4 is 0 Å². The first-order chi connectivity index (χ1) is 4.72. The molecule has 54 valence electrons. The van der Waals surface area contributed by atoms with E-state index in [4.69, 9.17) is 5.11 Å². The summed E-state index contributed by atoms with van der Waals surface area (Å²) in [5.41, 5.74) is 0.637.